The minimum Gasteiger partial charge on any atom is -0.452 e. The van der Waals surface area contributed by atoms with Crippen LogP contribution in [0.2, 0.25) is 0 Å². The van der Waals surface area contributed by atoms with Gasteiger partial charge in [-0.1, -0.05) is 36.4 Å². The Labute approximate surface area is 168 Å². The van der Waals surface area contributed by atoms with Gasteiger partial charge in [0.25, 0.3) is 5.91 Å². The number of carbonyl (C=O) groups excluding carboxylic acids is 2. The number of pyridine rings is 1. The molecular weight excluding hydrogens is 372 g/mol. The van der Waals surface area contributed by atoms with Crippen molar-refractivity contribution in [2.75, 3.05) is 13.2 Å². The third kappa shape index (κ3) is 5.50. The molecule has 0 fully saturated rings. The molecule has 1 amide bonds. The summed E-state index contributed by atoms with van der Waals surface area (Å²) in [5, 5.41) is 4.75. The molecule has 0 aliphatic rings. The van der Waals surface area contributed by atoms with E-state index in [2.05, 4.69) is 22.4 Å². The van der Waals surface area contributed by atoms with Gasteiger partial charge in [0, 0.05) is 6.54 Å². The molecular formula is C22H22N2O3S. The first-order chi connectivity index (χ1) is 13.6. The lowest BCUT2D eigenvalue weighted by Gasteiger charge is -2.09. The van der Waals surface area contributed by atoms with Crippen molar-refractivity contribution in [3.8, 4) is 10.6 Å². The van der Waals surface area contributed by atoms with Gasteiger partial charge in [-0.25, -0.2) is 4.79 Å². The monoisotopic (exact) mass is 394 g/mol. The van der Waals surface area contributed by atoms with E-state index in [9.17, 15) is 9.59 Å². The molecule has 0 unspecified atom stereocenters. The van der Waals surface area contributed by atoms with Gasteiger partial charge in [-0.15, -0.1) is 11.3 Å². The van der Waals surface area contributed by atoms with E-state index in [-0.39, 0.29) is 12.5 Å². The molecule has 2 aromatic heterocycles. The fraction of sp³-hybridized carbons (Fsp3) is 0.227. The number of esters is 1. The summed E-state index contributed by atoms with van der Waals surface area (Å²) in [4.78, 5) is 29.6. The normalized spacial score (nSPS) is 10.5. The lowest BCUT2D eigenvalue weighted by atomic mass is 10.1. The summed E-state index contributed by atoms with van der Waals surface area (Å²) < 4.78 is 5.13. The zero-order chi connectivity index (χ0) is 19.8. The Hall–Kier alpha value is -2.99. The molecule has 0 bridgehead atoms. The topological polar surface area (TPSA) is 68.3 Å². The number of hydrogen-bond donors (Lipinski definition) is 1. The summed E-state index contributed by atoms with van der Waals surface area (Å²) in [6.45, 7) is 2.01. The summed E-state index contributed by atoms with van der Waals surface area (Å²) in [7, 11) is 0. The van der Waals surface area contributed by atoms with E-state index >= 15 is 0 Å². The van der Waals surface area contributed by atoms with Crippen molar-refractivity contribution in [1.29, 1.82) is 0 Å². The Balaban J connectivity index is 1.42. The summed E-state index contributed by atoms with van der Waals surface area (Å²) >= 11 is 1.59. The molecule has 28 heavy (non-hydrogen) atoms. The minimum atomic E-state index is -0.540. The molecule has 1 N–H and O–H groups in total. The standard InChI is InChI=1S/C22H22N2O3S/c1-16-18(11-12-19(24-16)20-10-6-14-28-20)22(26)27-15-21(25)23-13-5-9-17-7-3-2-4-8-17/h2-4,6-8,10-12,14H,5,9,13,15H2,1H3,(H,23,25). The molecule has 1 aromatic carbocycles. The SMILES string of the molecule is Cc1nc(-c2cccs2)ccc1C(=O)OCC(=O)NCCCc1ccccc1. The Kier molecular flexibility index (Phi) is 6.92. The molecule has 6 heteroatoms. The highest BCUT2D eigenvalue weighted by atomic mass is 32.1. The van der Waals surface area contributed by atoms with Crippen molar-refractivity contribution >= 4 is 23.2 Å². The number of rotatable bonds is 8. The Bertz CT molecular complexity index is 924. The number of hydrogen-bond acceptors (Lipinski definition) is 5. The van der Waals surface area contributed by atoms with E-state index in [0.717, 1.165) is 23.4 Å². The molecule has 3 rings (SSSR count). The number of aromatic nitrogens is 1. The van der Waals surface area contributed by atoms with Crippen molar-refractivity contribution in [3.05, 3.63) is 76.8 Å². The average molecular weight is 394 g/mol. The number of amides is 1. The zero-order valence-corrected chi connectivity index (χ0v) is 16.5. The van der Waals surface area contributed by atoms with Gasteiger partial charge in [-0.2, -0.15) is 0 Å². The first-order valence-corrected chi connectivity index (χ1v) is 10.0. The molecule has 5 nitrogen and oxygen atoms in total. The number of aryl methyl sites for hydroxylation is 2. The predicted molar refractivity (Wildman–Crippen MR) is 110 cm³/mol. The van der Waals surface area contributed by atoms with Gasteiger partial charge in [-0.05, 0) is 48.9 Å². The van der Waals surface area contributed by atoms with Crippen LogP contribution in [0, 0.1) is 6.92 Å². The fourth-order valence-electron chi connectivity index (χ4n) is 2.76. The fourth-order valence-corrected chi connectivity index (χ4v) is 3.46. The van der Waals surface area contributed by atoms with E-state index in [1.807, 2.05) is 35.7 Å². The summed E-state index contributed by atoms with van der Waals surface area (Å²) in [5.41, 5.74) is 3.01. The van der Waals surface area contributed by atoms with Crippen molar-refractivity contribution in [1.82, 2.24) is 10.3 Å². The highest BCUT2D eigenvalue weighted by Crippen LogP contribution is 2.23. The average Bonchev–Trinajstić information content (AvgIpc) is 3.25. The largest absolute Gasteiger partial charge is 0.452 e. The number of thiophene rings is 1. The molecule has 3 aromatic rings. The third-order valence-corrected chi connectivity index (χ3v) is 5.11. The van der Waals surface area contributed by atoms with Gasteiger partial charge in [0.2, 0.25) is 0 Å². The van der Waals surface area contributed by atoms with Crippen LogP contribution in [0.5, 0.6) is 0 Å². The highest BCUT2D eigenvalue weighted by molar-refractivity contribution is 7.13. The lowest BCUT2D eigenvalue weighted by Crippen LogP contribution is -2.30. The van der Waals surface area contributed by atoms with Gasteiger partial charge in [-0.3, -0.25) is 9.78 Å². The number of benzene rings is 1. The Morgan fingerprint density at radius 1 is 1.07 bits per heavy atom. The quantitative estimate of drug-likeness (QED) is 0.463. The van der Waals surface area contributed by atoms with Crippen LogP contribution in [-0.2, 0) is 16.0 Å². The van der Waals surface area contributed by atoms with Crippen LogP contribution in [0.1, 0.15) is 28.0 Å². The highest BCUT2D eigenvalue weighted by Gasteiger charge is 2.14. The molecule has 0 atom stereocenters. The number of ether oxygens (including phenoxy) is 1. The molecule has 144 valence electrons. The van der Waals surface area contributed by atoms with Gasteiger partial charge < -0.3 is 10.1 Å². The number of carbonyl (C=O) groups is 2. The molecule has 0 radical (unpaired) electrons. The van der Waals surface area contributed by atoms with Crippen LogP contribution in [0.3, 0.4) is 0 Å². The van der Waals surface area contributed by atoms with Crippen LogP contribution in [0.15, 0.2) is 60.0 Å². The molecule has 2 heterocycles. The molecule has 0 aliphatic heterocycles. The van der Waals surface area contributed by atoms with Crippen molar-refractivity contribution in [3.63, 3.8) is 0 Å². The van der Waals surface area contributed by atoms with Crippen molar-refractivity contribution < 1.29 is 14.3 Å². The number of nitrogens with zero attached hydrogens (tertiary/aromatic N) is 1. The summed E-state index contributed by atoms with van der Waals surface area (Å²) in [6.07, 6.45) is 1.72. The van der Waals surface area contributed by atoms with E-state index in [4.69, 9.17) is 4.74 Å². The van der Waals surface area contributed by atoms with Crippen LogP contribution in [-0.4, -0.2) is 30.0 Å². The maximum atomic E-state index is 12.2. The summed E-state index contributed by atoms with van der Waals surface area (Å²) in [6, 6.07) is 17.5. The smallest absolute Gasteiger partial charge is 0.340 e. The first-order valence-electron chi connectivity index (χ1n) is 9.13. The minimum absolute atomic E-state index is 0.295. The van der Waals surface area contributed by atoms with Crippen LogP contribution >= 0.6 is 11.3 Å². The lowest BCUT2D eigenvalue weighted by molar-refractivity contribution is -0.124. The number of nitrogens with one attached hydrogen (secondary N) is 1. The van der Waals surface area contributed by atoms with Gasteiger partial charge >= 0.3 is 5.97 Å². The predicted octanol–water partition coefficient (Wildman–Crippen LogP) is 4.02. The van der Waals surface area contributed by atoms with Crippen LogP contribution in [0.4, 0.5) is 0 Å². The maximum absolute atomic E-state index is 12.2. The Morgan fingerprint density at radius 3 is 2.61 bits per heavy atom. The van der Waals surface area contributed by atoms with Gasteiger partial charge in [0.1, 0.15) is 0 Å². The molecule has 0 aliphatic carbocycles. The van der Waals surface area contributed by atoms with E-state index in [1.165, 1.54) is 5.56 Å². The van der Waals surface area contributed by atoms with Gasteiger partial charge in [0.05, 0.1) is 21.8 Å². The van der Waals surface area contributed by atoms with E-state index in [0.29, 0.717) is 17.8 Å². The first kappa shape index (κ1) is 19.8. The van der Waals surface area contributed by atoms with Crippen molar-refractivity contribution in [2.45, 2.75) is 19.8 Å². The maximum Gasteiger partial charge on any atom is 0.340 e. The molecule has 0 saturated heterocycles. The van der Waals surface area contributed by atoms with Gasteiger partial charge in [0.15, 0.2) is 6.61 Å². The van der Waals surface area contributed by atoms with Crippen LogP contribution < -0.4 is 5.32 Å². The third-order valence-electron chi connectivity index (χ3n) is 4.22. The van der Waals surface area contributed by atoms with E-state index < -0.39 is 5.97 Å². The van der Waals surface area contributed by atoms with E-state index in [1.54, 1.807) is 30.4 Å². The second-order valence-corrected chi connectivity index (χ2v) is 7.27. The molecule has 0 saturated carbocycles. The van der Waals surface area contributed by atoms with Crippen LogP contribution in [0.25, 0.3) is 10.6 Å². The summed E-state index contributed by atoms with van der Waals surface area (Å²) in [5.74, 6) is -0.843. The second-order valence-electron chi connectivity index (χ2n) is 6.32. The zero-order valence-electron chi connectivity index (χ0n) is 15.7. The molecule has 0 spiro atoms. The second kappa shape index (κ2) is 9.80. The Morgan fingerprint density at radius 2 is 1.89 bits per heavy atom. The van der Waals surface area contributed by atoms with Crippen molar-refractivity contribution in [2.24, 2.45) is 0 Å².